The first-order chi connectivity index (χ1) is 11.0. The van der Waals surface area contributed by atoms with Crippen molar-refractivity contribution < 1.29 is 24.5 Å². The number of rotatable bonds is 8. The Morgan fingerprint density at radius 2 is 2.22 bits per heavy atom. The molecular weight excluding hydrogens is 320 g/mol. The number of aromatic nitrogens is 1. The van der Waals surface area contributed by atoms with Gasteiger partial charge in [-0.1, -0.05) is 0 Å². The first kappa shape index (κ1) is 17.7. The van der Waals surface area contributed by atoms with Crippen LogP contribution in [0.4, 0.5) is 0 Å². The number of aliphatic hydroxyl groups excluding tert-OH is 1. The zero-order chi connectivity index (χ0) is 16.9. The van der Waals surface area contributed by atoms with Gasteiger partial charge < -0.3 is 19.7 Å². The van der Waals surface area contributed by atoms with Crippen LogP contribution in [0.2, 0.25) is 0 Å². The van der Waals surface area contributed by atoms with E-state index in [2.05, 4.69) is 9.98 Å². The average molecular weight is 340 g/mol. The minimum atomic E-state index is -0.757. The van der Waals surface area contributed by atoms with Gasteiger partial charge in [0.1, 0.15) is 34.4 Å². The van der Waals surface area contributed by atoms with Gasteiger partial charge in [-0.2, -0.15) is 0 Å². The van der Waals surface area contributed by atoms with E-state index in [0.717, 1.165) is 0 Å². The highest BCUT2D eigenvalue weighted by molar-refractivity contribution is 8.14. The molecule has 1 atom stereocenters. The molecule has 2 heterocycles. The van der Waals surface area contributed by atoms with Gasteiger partial charge in [-0.05, 0) is 13.8 Å². The van der Waals surface area contributed by atoms with Crippen molar-refractivity contribution in [1.29, 1.82) is 0 Å². The number of carbonyl (C=O) groups is 1. The van der Waals surface area contributed by atoms with E-state index in [4.69, 9.17) is 14.6 Å². The molecule has 1 aliphatic rings. The zero-order valence-electron chi connectivity index (χ0n) is 13.1. The second-order valence-corrected chi connectivity index (χ2v) is 6.22. The topological polar surface area (TPSA) is 101 Å². The van der Waals surface area contributed by atoms with Crippen molar-refractivity contribution in [2.45, 2.75) is 19.4 Å². The van der Waals surface area contributed by atoms with E-state index in [-0.39, 0.29) is 24.7 Å². The Balaban J connectivity index is 2.01. The first-order valence-electron chi connectivity index (χ1n) is 7.21. The molecule has 1 aliphatic heterocycles. The van der Waals surface area contributed by atoms with Crippen molar-refractivity contribution in [3.8, 4) is 11.5 Å². The number of hydrogen-bond acceptors (Lipinski definition) is 8. The molecule has 0 unspecified atom stereocenters. The van der Waals surface area contributed by atoms with Crippen LogP contribution in [0.5, 0.6) is 11.5 Å². The Hall–Kier alpha value is -1.64. The summed E-state index contributed by atoms with van der Waals surface area (Å²) < 4.78 is 10.5. The second kappa shape index (κ2) is 7.76. The number of Topliss-reactive ketones (excluding diaryl/α,β-unsaturated/α-hetero) is 1. The summed E-state index contributed by atoms with van der Waals surface area (Å²) in [6.45, 7) is 4.14. The summed E-state index contributed by atoms with van der Waals surface area (Å²) in [7, 11) is 0. The van der Waals surface area contributed by atoms with Gasteiger partial charge in [0.25, 0.3) is 0 Å². The third-order valence-corrected chi connectivity index (χ3v) is 4.64. The van der Waals surface area contributed by atoms with Crippen molar-refractivity contribution in [2.24, 2.45) is 4.99 Å². The Labute approximate surface area is 138 Å². The standard InChI is InChI=1S/C15H20N2O5S/c1-10(19)15(2)9-23-14(17-15)13-12(20)7-11(8-16-13)22-6-5-21-4-3-18/h7-8,18,20H,3-6,9H2,1-2H3/t15-/m1/s1. The average Bonchev–Trinajstić information content (AvgIpc) is 2.91. The molecule has 8 heteroatoms. The second-order valence-electron chi connectivity index (χ2n) is 5.26. The van der Waals surface area contributed by atoms with Gasteiger partial charge in [0, 0.05) is 11.8 Å². The number of thioether (sulfide) groups is 1. The predicted octanol–water partition coefficient (Wildman–Crippen LogP) is 1.02. The quantitative estimate of drug-likeness (QED) is 0.681. The number of hydrogen-bond donors (Lipinski definition) is 2. The number of ether oxygens (including phenoxy) is 2. The summed E-state index contributed by atoms with van der Waals surface area (Å²) in [4.78, 5) is 20.2. The number of aromatic hydroxyl groups is 1. The van der Waals surface area contributed by atoms with Crippen molar-refractivity contribution >= 4 is 22.6 Å². The van der Waals surface area contributed by atoms with Gasteiger partial charge in [0.05, 0.1) is 26.0 Å². The third-order valence-electron chi connectivity index (χ3n) is 3.37. The first-order valence-corrected chi connectivity index (χ1v) is 8.19. The van der Waals surface area contributed by atoms with Crippen LogP contribution in [-0.2, 0) is 9.53 Å². The van der Waals surface area contributed by atoms with E-state index in [0.29, 0.717) is 35.5 Å². The molecule has 23 heavy (non-hydrogen) atoms. The highest BCUT2D eigenvalue weighted by Gasteiger charge is 2.36. The molecule has 0 saturated heterocycles. The molecule has 1 aromatic rings. The van der Waals surface area contributed by atoms with Gasteiger partial charge in [0.15, 0.2) is 5.78 Å². The molecule has 0 amide bonds. The summed E-state index contributed by atoms with van der Waals surface area (Å²) >= 11 is 1.40. The van der Waals surface area contributed by atoms with Crippen molar-refractivity contribution in [3.63, 3.8) is 0 Å². The minimum Gasteiger partial charge on any atom is -0.505 e. The van der Waals surface area contributed by atoms with Crippen LogP contribution >= 0.6 is 11.8 Å². The van der Waals surface area contributed by atoms with Crippen LogP contribution in [0.1, 0.15) is 19.5 Å². The zero-order valence-corrected chi connectivity index (χ0v) is 13.9. The van der Waals surface area contributed by atoms with Gasteiger partial charge in [-0.3, -0.25) is 9.79 Å². The number of carbonyl (C=O) groups excluding carboxylic acids is 1. The molecule has 0 saturated carbocycles. The predicted molar refractivity (Wildman–Crippen MR) is 87.4 cm³/mol. The highest BCUT2D eigenvalue weighted by Crippen LogP contribution is 2.34. The van der Waals surface area contributed by atoms with Gasteiger partial charge in [-0.25, -0.2) is 4.98 Å². The van der Waals surface area contributed by atoms with E-state index in [1.54, 1.807) is 6.92 Å². The molecule has 0 radical (unpaired) electrons. The Morgan fingerprint density at radius 3 is 2.83 bits per heavy atom. The molecule has 2 rings (SSSR count). The van der Waals surface area contributed by atoms with Crippen molar-refractivity contribution in [2.75, 3.05) is 32.2 Å². The van der Waals surface area contributed by atoms with Gasteiger partial charge in [-0.15, -0.1) is 11.8 Å². The molecule has 7 nitrogen and oxygen atoms in total. The number of aliphatic imine (C=N–C) groups is 1. The lowest BCUT2D eigenvalue weighted by Gasteiger charge is -2.14. The number of aliphatic hydroxyl groups is 1. The summed E-state index contributed by atoms with van der Waals surface area (Å²) in [5, 5.41) is 19.3. The molecule has 0 bridgehead atoms. The van der Waals surface area contributed by atoms with Crippen molar-refractivity contribution in [1.82, 2.24) is 4.98 Å². The molecule has 0 aromatic carbocycles. The van der Waals surface area contributed by atoms with E-state index in [9.17, 15) is 9.90 Å². The van der Waals surface area contributed by atoms with Crippen LogP contribution in [0, 0.1) is 0 Å². The van der Waals surface area contributed by atoms with E-state index >= 15 is 0 Å². The third kappa shape index (κ3) is 4.43. The maximum absolute atomic E-state index is 11.6. The Kier molecular flexibility index (Phi) is 5.97. The molecule has 126 valence electrons. The summed E-state index contributed by atoms with van der Waals surface area (Å²) in [6, 6.07) is 1.46. The maximum atomic E-state index is 11.6. The summed E-state index contributed by atoms with van der Waals surface area (Å²) in [6.07, 6.45) is 1.49. The fraction of sp³-hybridized carbons (Fsp3) is 0.533. The number of nitrogens with zero attached hydrogens (tertiary/aromatic N) is 2. The van der Waals surface area contributed by atoms with E-state index in [1.165, 1.54) is 30.9 Å². The molecule has 0 aliphatic carbocycles. The highest BCUT2D eigenvalue weighted by atomic mass is 32.2. The molecular formula is C15H20N2O5S. The molecule has 0 fully saturated rings. The van der Waals surface area contributed by atoms with Gasteiger partial charge in [0.2, 0.25) is 0 Å². The van der Waals surface area contributed by atoms with Gasteiger partial charge >= 0.3 is 0 Å². The van der Waals surface area contributed by atoms with Crippen LogP contribution in [-0.4, -0.2) is 63.7 Å². The summed E-state index contributed by atoms with van der Waals surface area (Å²) in [5.41, 5.74) is -0.406. The van der Waals surface area contributed by atoms with Crippen LogP contribution in [0.3, 0.4) is 0 Å². The molecule has 2 N–H and O–H groups in total. The molecule has 0 spiro atoms. The minimum absolute atomic E-state index is 0.0117. The lowest BCUT2D eigenvalue weighted by molar-refractivity contribution is -0.120. The number of pyridine rings is 1. The Bertz CT molecular complexity index is 608. The number of ketones is 1. The Morgan fingerprint density at radius 1 is 1.43 bits per heavy atom. The molecule has 1 aromatic heterocycles. The fourth-order valence-corrected chi connectivity index (χ4v) is 3.11. The normalized spacial score (nSPS) is 20.4. The van der Waals surface area contributed by atoms with Crippen LogP contribution < -0.4 is 4.74 Å². The van der Waals surface area contributed by atoms with Crippen molar-refractivity contribution in [3.05, 3.63) is 18.0 Å². The van der Waals surface area contributed by atoms with E-state index < -0.39 is 5.54 Å². The fourth-order valence-electron chi connectivity index (χ4n) is 1.86. The van der Waals surface area contributed by atoms with E-state index in [1.807, 2.05) is 0 Å². The maximum Gasteiger partial charge on any atom is 0.157 e. The summed E-state index contributed by atoms with van der Waals surface area (Å²) in [5.74, 6) is 0.899. The lowest BCUT2D eigenvalue weighted by atomic mass is 10.0. The van der Waals surface area contributed by atoms with Crippen LogP contribution in [0.25, 0.3) is 0 Å². The lowest BCUT2D eigenvalue weighted by Crippen LogP contribution is -2.31. The SMILES string of the molecule is CC(=O)[C@@]1(C)CSC(c2ncc(OCCOCCO)cc2O)=N1. The largest absolute Gasteiger partial charge is 0.505 e. The van der Waals surface area contributed by atoms with Crippen LogP contribution in [0.15, 0.2) is 17.3 Å². The smallest absolute Gasteiger partial charge is 0.157 e. The monoisotopic (exact) mass is 340 g/mol.